The molecule has 104 valence electrons. The van der Waals surface area contributed by atoms with E-state index >= 15 is 0 Å². The van der Waals surface area contributed by atoms with Gasteiger partial charge in [0.25, 0.3) is 5.91 Å². The molecule has 0 spiro atoms. The summed E-state index contributed by atoms with van der Waals surface area (Å²) in [6.07, 6.45) is 3.11. The van der Waals surface area contributed by atoms with E-state index in [0.29, 0.717) is 22.0 Å². The molecule has 1 saturated carbocycles. The highest BCUT2D eigenvalue weighted by molar-refractivity contribution is 9.10. The Morgan fingerprint density at radius 3 is 2.74 bits per heavy atom. The Balaban J connectivity index is 2.16. The fourth-order valence-corrected chi connectivity index (χ4v) is 2.47. The van der Waals surface area contributed by atoms with Crippen LogP contribution in [0.4, 0.5) is 4.39 Å². The Labute approximate surface area is 122 Å². The van der Waals surface area contributed by atoms with Crippen molar-refractivity contribution in [2.75, 3.05) is 6.54 Å². The van der Waals surface area contributed by atoms with Gasteiger partial charge in [0.05, 0.1) is 5.56 Å². The molecule has 2 nitrogen and oxygen atoms in total. The molecule has 2 rings (SSSR count). The largest absolute Gasteiger partial charge is 0.336 e. The highest BCUT2D eigenvalue weighted by Gasteiger charge is 2.33. The summed E-state index contributed by atoms with van der Waals surface area (Å²) in [6, 6.07) is 4.62. The smallest absolute Gasteiger partial charge is 0.255 e. The minimum Gasteiger partial charge on any atom is -0.336 e. The van der Waals surface area contributed by atoms with Gasteiger partial charge in [0.15, 0.2) is 0 Å². The molecular formula is C15H19BrFNO. The predicted octanol–water partition coefficient (Wildman–Crippen LogP) is 4.24. The molecule has 0 N–H and O–H groups in total. The van der Waals surface area contributed by atoms with Gasteiger partial charge in [-0.15, -0.1) is 0 Å². The summed E-state index contributed by atoms with van der Waals surface area (Å²) >= 11 is 3.33. The second kappa shape index (κ2) is 6.04. The number of amides is 1. The van der Waals surface area contributed by atoms with Gasteiger partial charge in [-0.25, -0.2) is 4.39 Å². The quantitative estimate of drug-likeness (QED) is 0.792. The summed E-state index contributed by atoms with van der Waals surface area (Å²) in [7, 11) is 0. The van der Waals surface area contributed by atoms with Crippen molar-refractivity contribution < 1.29 is 9.18 Å². The molecule has 1 amide bonds. The van der Waals surface area contributed by atoms with Crippen LogP contribution < -0.4 is 0 Å². The Morgan fingerprint density at radius 1 is 1.47 bits per heavy atom. The number of rotatable bonds is 5. The van der Waals surface area contributed by atoms with Crippen LogP contribution in [-0.4, -0.2) is 23.4 Å². The van der Waals surface area contributed by atoms with Crippen molar-refractivity contribution in [1.82, 2.24) is 4.90 Å². The van der Waals surface area contributed by atoms with Gasteiger partial charge in [-0.05, 0) is 59.3 Å². The monoisotopic (exact) mass is 327 g/mol. The molecule has 1 aromatic carbocycles. The third-order valence-corrected chi connectivity index (χ3v) is 4.05. The summed E-state index contributed by atoms with van der Waals surface area (Å²) < 4.78 is 14.0. The maximum absolute atomic E-state index is 13.3. The number of carbonyl (C=O) groups is 1. The van der Waals surface area contributed by atoms with Gasteiger partial charge in [-0.3, -0.25) is 4.79 Å². The Morgan fingerprint density at radius 2 is 2.16 bits per heavy atom. The zero-order valence-electron chi connectivity index (χ0n) is 11.3. The number of halogens is 2. The van der Waals surface area contributed by atoms with E-state index in [1.807, 2.05) is 4.90 Å². The molecule has 1 fully saturated rings. The number of hydrogen-bond donors (Lipinski definition) is 0. The van der Waals surface area contributed by atoms with Gasteiger partial charge in [0.2, 0.25) is 0 Å². The maximum Gasteiger partial charge on any atom is 0.255 e. The number of benzene rings is 1. The third-order valence-electron chi connectivity index (χ3n) is 3.35. The lowest BCUT2D eigenvalue weighted by Crippen LogP contribution is -2.34. The van der Waals surface area contributed by atoms with E-state index in [-0.39, 0.29) is 11.7 Å². The van der Waals surface area contributed by atoms with Crippen molar-refractivity contribution in [1.29, 1.82) is 0 Å². The summed E-state index contributed by atoms with van der Waals surface area (Å²) in [6.45, 7) is 5.05. The van der Waals surface area contributed by atoms with E-state index in [4.69, 9.17) is 0 Å². The van der Waals surface area contributed by atoms with Crippen molar-refractivity contribution in [3.05, 3.63) is 34.1 Å². The fourth-order valence-electron chi connectivity index (χ4n) is 2.05. The van der Waals surface area contributed by atoms with Gasteiger partial charge in [0.1, 0.15) is 5.82 Å². The SMILES string of the molecule is CC(C)CCN(C(=O)c1cc(F)ccc1Br)C1CC1. The Hall–Kier alpha value is -0.900. The molecular weight excluding hydrogens is 309 g/mol. The van der Waals surface area contributed by atoms with Crippen LogP contribution in [0.3, 0.4) is 0 Å². The molecule has 0 radical (unpaired) electrons. The van der Waals surface area contributed by atoms with Crippen LogP contribution in [0.1, 0.15) is 43.5 Å². The summed E-state index contributed by atoms with van der Waals surface area (Å²) in [5.41, 5.74) is 0.427. The molecule has 0 heterocycles. The van der Waals surface area contributed by atoms with Crippen LogP contribution in [0.5, 0.6) is 0 Å². The second-order valence-electron chi connectivity index (χ2n) is 5.54. The standard InChI is InChI=1S/C15H19BrFNO/c1-10(2)7-8-18(12-4-5-12)15(19)13-9-11(17)3-6-14(13)16/h3,6,9-10,12H,4-5,7-8H2,1-2H3. The Bertz CT molecular complexity index is 471. The van der Waals surface area contributed by atoms with E-state index in [1.165, 1.54) is 12.1 Å². The van der Waals surface area contributed by atoms with E-state index in [0.717, 1.165) is 25.8 Å². The first-order chi connectivity index (χ1) is 8.99. The number of carbonyl (C=O) groups excluding carboxylic acids is 1. The van der Waals surface area contributed by atoms with Crippen LogP contribution in [0.2, 0.25) is 0 Å². The van der Waals surface area contributed by atoms with Crippen molar-refractivity contribution in [2.45, 2.75) is 39.2 Å². The molecule has 0 aliphatic heterocycles. The zero-order valence-corrected chi connectivity index (χ0v) is 12.9. The van der Waals surface area contributed by atoms with Gasteiger partial charge >= 0.3 is 0 Å². The van der Waals surface area contributed by atoms with Crippen molar-refractivity contribution >= 4 is 21.8 Å². The lowest BCUT2D eigenvalue weighted by molar-refractivity contribution is 0.0734. The predicted molar refractivity (Wildman–Crippen MR) is 77.6 cm³/mol. The van der Waals surface area contributed by atoms with E-state index in [2.05, 4.69) is 29.8 Å². The first-order valence-electron chi connectivity index (χ1n) is 6.75. The number of hydrogen-bond acceptors (Lipinski definition) is 1. The number of nitrogens with zero attached hydrogens (tertiary/aromatic N) is 1. The molecule has 1 aromatic rings. The van der Waals surface area contributed by atoms with Crippen molar-refractivity contribution in [3.63, 3.8) is 0 Å². The minimum atomic E-state index is -0.369. The average molecular weight is 328 g/mol. The molecule has 0 aromatic heterocycles. The lowest BCUT2D eigenvalue weighted by Gasteiger charge is -2.24. The average Bonchev–Trinajstić information content (AvgIpc) is 3.16. The van der Waals surface area contributed by atoms with Crippen LogP contribution in [0, 0.1) is 11.7 Å². The molecule has 4 heteroatoms. The van der Waals surface area contributed by atoms with Gasteiger partial charge in [-0.2, -0.15) is 0 Å². The summed E-state index contributed by atoms with van der Waals surface area (Å²) in [4.78, 5) is 14.4. The molecule has 0 bridgehead atoms. The molecule has 0 unspecified atom stereocenters. The first kappa shape index (κ1) is 14.5. The third kappa shape index (κ3) is 3.78. The van der Waals surface area contributed by atoms with Gasteiger partial charge in [0, 0.05) is 17.1 Å². The normalized spacial score (nSPS) is 14.8. The summed E-state index contributed by atoms with van der Waals surface area (Å²) in [5, 5.41) is 0. The van der Waals surface area contributed by atoms with Crippen molar-refractivity contribution in [2.24, 2.45) is 5.92 Å². The van der Waals surface area contributed by atoms with E-state index in [1.54, 1.807) is 6.07 Å². The van der Waals surface area contributed by atoms with Crippen LogP contribution >= 0.6 is 15.9 Å². The van der Waals surface area contributed by atoms with Crippen LogP contribution in [0.25, 0.3) is 0 Å². The van der Waals surface area contributed by atoms with Crippen LogP contribution in [0.15, 0.2) is 22.7 Å². The Kier molecular flexibility index (Phi) is 4.61. The topological polar surface area (TPSA) is 20.3 Å². The maximum atomic E-state index is 13.3. The molecule has 0 atom stereocenters. The molecule has 19 heavy (non-hydrogen) atoms. The zero-order chi connectivity index (χ0) is 14.0. The molecule has 0 saturated heterocycles. The van der Waals surface area contributed by atoms with E-state index < -0.39 is 0 Å². The van der Waals surface area contributed by atoms with Gasteiger partial charge in [-0.1, -0.05) is 13.8 Å². The second-order valence-corrected chi connectivity index (χ2v) is 6.39. The first-order valence-corrected chi connectivity index (χ1v) is 7.54. The highest BCUT2D eigenvalue weighted by Crippen LogP contribution is 2.30. The summed E-state index contributed by atoms with van der Waals surface area (Å²) in [5.74, 6) is 0.130. The highest BCUT2D eigenvalue weighted by atomic mass is 79.9. The lowest BCUT2D eigenvalue weighted by atomic mass is 10.1. The minimum absolute atomic E-state index is 0.0606. The molecule has 1 aliphatic rings. The van der Waals surface area contributed by atoms with E-state index in [9.17, 15) is 9.18 Å². The molecule has 1 aliphatic carbocycles. The fraction of sp³-hybridized carbons (Fsp3) is 0.533. The van der Waals surface area contributed by atoms with Crippen molar-refractivity contribution in [3.8, 4) is 0 Å². The van der Waals surface area contributed by atoms with Crippen LogP contribution in [-0.2, 0) is 0 Å². The van der Waals surface area contributed by atoms with Gasteiger partial charge < -0.3 is 4.90 Å².